The fraction of sp³-hybridized carbons (Fsp3) is 0.143. The number of aromatic nitrogens is 4. The average molecular weight is 517 g/mol. The molecule has 0 unspecified atom stereocenters. The molecule has 1 N–H and O–H groups in total. The van der Waals surface area contributed by atoms with Gasteiger partial charge in [-0.25, -0.2) is 13.4 Å². The largest absolute Gasteiger partial charge is 0.455 e. The number of benzene rings is 2. The van der Waals surface area contributed by atoms with Crippen LogP contribution in [0.5, 0.6) is 11.5 Å². The predicted molar refractivity (Wildman–Crippen MR) is 126 cm³/mol. The number of hydrogen-bond donors (Lipinski definition) is 1. The lowest BCUT2D eigenvalue weighted by atomic mass is 10.1. The number of anilines is 1. The van der Waals surface area contributed by atoms with Crippen molar-refractivity contribution in [2.45, 2.75) is 11.4 Å². The second kappa shape index (κ2) is 10.2. The molecule has 4 rings (SSSR count). The molecule has 2 aromatic heterocycles. The number of nitrogens with one attached hydrogen (secondary N) is 1. The number of nitrogens with zero attached hydrogens (tertiary/aromatic N) is 5. The maximum atomic E-state index is 12.7. The van der Waals surface area contributed by atoms with Crippen LogP contribution >= 0.6 is 23.1 Å². The third-order valence-electron chi connectivity index (χ3n) is 4.63. The van der Waals surface area contributed by atoms with Crippen molar-refractivity contribution in [3.63, 3.8) is 0 Å². The van der Waals surface area contributed by atoms with E-state index in [2.05, 4.69) is 19.2 Å². The maximum Gasteiger partial charge on any atom is 0.263 e. The van der Waals surface area contributed by atoms with Crippen LogP contribution in [-0.2, 0) is 21.3 Å². The molecule has 2 aromatic carbocycles. The highest BCUT2D eigenvalue weighted by atomic mass is 35.5. The van der Waals surface area contributed by atoms with Gasteiger partial charge in [0.15, 0.2) is 0 Å². The van der Waals surface area contributed by atoms with Crippen molar-refractivity contribution in [2.75, 3.05) is 18.4 Å². The van der Waals surface area contributed by atoms with Gasteiger partial charge in [0.25, 0.3) is 10.0 Å². The van der Waals surface area contributed by atoms with Gasteiger partial charge in [0.2, 0.25) is 5.13 Å². The standard InChI is InChI=1S/C21H17ClN6O4S2/c1-31-9-8-28-18(6-7-25-28)17-11-15(22)2-4-20(17)32-19-5-3-16(10-14(19)12-23)34(29,30)27-21-24-13-26-33-21/h2-7,10-11,13H,8-9H2,1H3,(H,24,26,27). The van der Waals surface area contributed by atoms with E-state index in [9.17, 15) is 13.7 Å². The molecule has 0 saturated heterocycles. The molecule has 174 valence electrons. The number of rotatable bonds is 9. The first-order valence-corrected chi connectivity index (χ1v) is 12.4. The lowest BCUT2D eigenvalue weighted by molar-refractivity contribution is 0.184. The Morgan fingerprint density at radius 1 is 1.21 bits per heavy atom. The summed E-state index contributed by atoms with van der Waals surface area (Å²) in [5, 5.41) is 14.6. The van der Waals surface area contributed by atoms with Crippen LogP contribution in [0.1, 0.15) is 5.56 Å². The van der Waals surface area contributed by atoms with Crippen molar-refractivity contribution < 1.29 is 17.9 Å². The Bertz CT molecular complexity index is 1450. The van der Waals surface area contributed by atoms with E-state index in [1.54, 1.807) is 36.2 Å². The quantitative estimate of drug-likeness (QED) is 0.350. The van der Waals surface area contributed by atoms with Crippen molar-refractivity contribution in [3.8, 4) is 28.8 Å². The highest BCUT2D eigenvalue weighted by molar-refractivity contribution is 7.93. The number of ether oxygens (including phenoxy) is 2. The first kappa shape index (κ1) is 23.7. The first-order valence-electron chi connectivity index (χ1n) is 9.73. The summed E-state index contributed by atoms with van der Waals surface area (Å²) in [5.41, 5.74) is 1.43. The van der Waals surface area contributed by atoms with E-state index in [-0.39, 0.29) is 21.3 Å². The van der Waals surface area contributed by atoms with Gasteiger partial charge in [0.1, 0.15) is 23.9 Å². The van der Waals surface area contributed by atoms with Crippen LogP contribution in [0.15, 0.2) is 59.9 Å². The summed E-state index contributed by atoms with van der Waals surface area (Å²) in [6.07, 6.45) is 2.89. The highest BCUT2D eigenvalue weighted by Crippen LogP contribution is 2.37. The van der Waals surface area contributed by atoms with Crippen LogP contribution in [-0.4, -0.2) is 41.3 Å². The summed E-state index contributed by atoms with van der Waals surface area (Å²) in [6.45, 7) is 0.980. The van der Waals surface area contributed by atoms with Gasteiger partial charge in [-0.05, 0) is 42.5 Å². The molecule has 13 heteroatoms. The second-order valence-corrected chi connectivity index (χ2v) is 9.70. The number of halogens is 1. The third-order valence-corrected chi connectivity index (χ3v) is 6.91. The normalized spacial score (nSPS) is 11.2. The maximum absolute atomic E-state index is 12.7. The minimum atomic E-state index is -3.96. The van der Waals surface area contributed by atoms with Crippen LogP contribution in [0.2, 0.25) is 5.02 Å². The number of sulfonamides is 1. The van der Waals surface area contributed by atoms with Crippen molar-refractivity contribution in [2.24, 2.45) is 0 Å². The van der Waals surface area contributed by atoms with Gasteiger partial charge in [-0.1, -0.05) is 11.6 Å². The SMILES string of the molecule is COCCn1nccc1-c1cc(Cl)ccc1Oc1ccc(S(=O)(=O)Nc2ncns2)cc1C#N. The van der Waals surface area contributed by atoms with E-state index in [0.717, 1.165) is 17.2 Å². The molecule has 0 aliphatic rings. The highest BCUT2D eigenvalue weighted by Gasteiger charge is 2.20. The molecule has 0 radical (unpaired) electrons. The first-order chi connectivity index (χ1) is 16.4. The van der Waals surface area contributed by atoms with Gasteiger partial charge in [-0.15, -0.1) is 0 Å². The lowest BCUT2D eigenvalue weighted by Crippen LogP contribution is -2.13. The molecular weight excluding hydrogens is 500 g/mol. The van der Waals surface area contributed by atoms with E-state index in [1.807, 2.05) is 12.1 Å². The molecule has 34 heavy (non-hydrogen) atoms. The molecule has 2 heterocycles. The summed E-state index contributed by atoms with van der Waals surface area (Å²) >= 11 is 7.14. The summed E-state index contributed by atoms with van der Waals surface area (Å²) in [6, 6.07) is 12.9. The molecule has 0 spiro atoms. The molecule has 0 saturated carbocycles. The van der Waals surface area contributed by atoms with Crippen molar-refractivity contribution in [1.82, 2.24) is 19.1 Å². The molecule has 0 fully saturated rings. The fourth-order valence-corrected chi connectivity index (χ4v) is 4.93. The fourth-order valence-electron chi connectivity index (χ4n) is 3.07. The smallest absolute Gasteiger partial charge is 0.263 e. The van der Waals surface area contributed by atoms with Crippen LogP contribution in [0.25, 0.3) is 11.3 Å². The van der Waals surface area contributed by atoms with Crippen molar-refractivity contribution in [1.29, 1.82) is 5.26 Å². The Balaban J connectivity index is 1.67. The molecule has 0 aliphatic heterocycles. The van der Waals surface area contributed by atoms with Crippen molar-refractivity contribution >= 4 is 38.3 Å². The number of methoxy groups -OCH3 is 1. The molecule has 4 aromatic rings. The molecule has 0 amide bonds. The van der Waals surface area contributed by atoms with Crippen LogP contribution in [0.4, 0.5) is 5.13 Å². The second-order valence-electron chi connectivity index (χ2n) is 6.80. The summed E-state index contributed by atoms with van der Waals surface area (Å²) in [5.74, 6) is 0.603. The van der Waals surface area contributed by atoms with E-state index in [1.165, 1.54) is 24.5 Å². The zero-order valence-electron chi connectivity index (χ0n) is 17.7. The predicted octanol–water partition coefficient (Wildman–Crippen LogP) is 4.17. The number of hydrogen-bond acceptors (Lipinski definition) is 9. The molecule has 0 bridgehead atoms. The Morgan fingerprint density at radius 3 is 2.76 bits per heavy atom. The van der Waals surface area contributed by atoms with E-state index in [4.69, 9.17) is 21.1 Å². The summed E-state index contributed by atoms with van der Waals surface area (Å²) in [4.78, 5) is 3.70. The van der Waals surface area contributed by atoms with E-state index in [0.29, 0.717) is 29.5 Å². The van der Waals surface area contributed by atoms with Gasteiger partial charge in [-0.3, -0.25) is 9.40 Å². The Kier molecular flexibility index (Phi) is 7.09. The van der Waals surface area contributed by atoms with Gasteiger partial charge >= 0.3 is 0 Å². The number of nitriles is 1. The zero-order valence-corrected chi connectivity index (χ0v) is 20.1. The van der Waals surface area contributed by atoms with E-state index < -0.39 is 10.0 Å². The zero-order chi connectivity index (χ0) is 24.1. The Labute approximate surface area is 204 Å². The van der Waals surface area contributed by atoms with Crippen molar-refractivity contribution in [3.05, 3.63) is 65.6 Å². The summed E-state index contributed by atoms with van der Waals surface area (Å²) in [7, 11) is -2.35. The Hall–Kier alpha value is -3.50. The minimum absolute atomic E-state index is 0.0360. The van der Waals surface area contributed by atoms with Crippen LogP contribution in [0.3, 0.4) is 0 Å². The van der Waals surface area contributed by atoms with Crippen LogP contribution < -0.4 is 9.46 Å². The topological polar surface area (TPSA) is 132 Å². The monoisotopic (exact) mass is 516 g/mol. The van der Waals surface area contributed by atoms with Gasteiger partial charge in [0, 0.05) is 35.4 Å². The lowest BCUT2D eigenvalue weighted by Gasteiger charge is -2.15. The average Bonchev–Trinajstić information content (AvgIpc) is 3.50. The molecular formula is C21H17ClN6O4S2. The Morgan fingerprint density at radius 2 is 2.03 bits per heavy atom. The molecule has 10 nitrogen and oxygen atoms in total. The molecule has 0 aliphatic carbocycles. The summed E-state index contributed by atoms with van der Waals surface area (Å²) < 4.78 is 44.3. The minimum Gasteiger partial charge on any atom is -0.455 e. The third kappa shape index (κ3) is 5.18. The molecule has 0 atom stereocenters. The van der Waals surface area contributed by atoms with Gasteiger partial charge < -0.3 is 9.47 Å². The van der Waals surface area contributed by atoms with E-state index >= 15 is 0 Å². The van der Waals surface area contributed by atoms with Crippen LogP contribution in [0, 0.1) is 11.3 Å². The van der Waals surface area contributed by atoms with Gasteiger partial charge in [-0.2, -0.15) is 14.7 Å². The van der Waals surface area contributed by atoms with Gasteiger partial charge in [0.05, 0.1) is 29.3 Å².